The van der Waals surface area contributed by atoms with Gasteiger partial charge in [-0.05, 0) is 43.5 Å². The molecule has 2 heterocycles. The molecule has 0 saturated carbocycles. The average Bonchev–Trinajstić information content (AvgIpc) is 2.56. The quantitative estimate of drug-likeness (QED) is 0.786. The van der Waals surface area contributed by atoms with Gasteiger partial charge in [-0.15, -0.1) is 0 Å². The Labute approximate surface area is 131 Å². The van der Waals surface area contributed by atoms with E-state index in [-0.39, 0.29) is 6.61 Å². The number of pyridine rings is 1. The Hall–Kier alpha value is -1.85. The van der Waals surface area contributed by atoms with Gasteiger partial charge in [0, 0.05) is 36.9 Å². The maximum absolute atomic E-state index is 9.21. The summed E-state index contributed by atoms with van der Waals surface area (Å²) in [7, 11) is 1.97. The standard InChI is InChI=1S/C17H24N4O/c1-21(11-12-22)17-16-13(5-10-19-17)3-2-4-15(16)20-14-6-8-18-9-7-14/h2-5,10,14,18,20,22H,6-9,11-12H2,1H3. The van der Waals surface area contributed by atoms with E-state index in [0.29, 0.717) is 12.6 Å². The van der Waals surface area contributed by atoms with E-state index >= 15 is 0 Å². The summed E-state index contributed by atoms with van der Waals surface area (Å²) in [6, 6.07) is 8.87. The van der Waals surface area contributed by atoms with E-state index in [9.17, 15) is 5.11 Å². The minimum atomic E-state index is 0.123. The summed E-state index contributed by atoms with van der Waals surface area (Å²) in [4.78, 5) is 6.55. The second-order valence-electron chi connectivity index (χ2n) is 5.85. The number of benzene rings is 1. The van der Waals surface area contributed by atoms with Crippen molar-refractivity contribution in [3.8, 4) is 0 Å². The number of likely N-dealkylation sites (N-methyl/N-ethyl adjacent to an activating group) is 1. The average molecular weight is 300 g/mol. The number of anilines is 2. The van der Waals surface area contributed by atoms with Gasteiger partial charge in [0.15, 0.2) is 0 Å². The fourth-order valence-electron chi connectivity index (χ4n) is 3.06. The van der Waals surface area contributed by atoms with Crippen LogP contribution in [0.2, 0.25) is 0 Å². The van der Waals surface area contributed by atoms with Gasteiger partial charge < -0.3 is 20.6 Å². The molecule has 5 heteroatoms. The fourth-order valence-corrected chi connectivity index (χ4v) is 3.06. The molecule has 0 aliphatic carbocycles. The number of aromatic nitrogens is 1. The molecule has 1 saturated heterocycles. The van der Waals surface area contributed by atoms with Gasteiger partial charge in [-0.25, -0.2) is 4.98 Å². The largest absolute Gasteiger partial charge is 0.395 e. The van der Waals surface area contributed by atoms with Gasteiger partial charge in [-0.3, -0.25) is 0 Å². The van der Waals surface area contributed by atoms with E-state index in [0.717, 1.165) is 42.8 Å². The van der Waals surface area contributed by atoms with Crippen LogP contribution in [0, 0.1) is 0 Å². The zero-order chi connectivity index (χ0) is 15.4. The monoisotopic (exact) mass is 300 g/mol. The van der Waals surface area contributed by atoms with Crippen LogP contribution in [0.4, 0.5) is 11.5 Å². The summed E-state index contributed by atoms with van der Waals surface area (Å²) in [6.07, 6.45) is 4.11. The summed E-state index contributed by atoms with van der Waals surface area (Å²) in [5.74, 6) is 0.920. The third kappa shape index (κ3) is 3.15. The highest BCUT2D eigenvalue weighted by atomic mass is 16.3. The van der Waals surface area contributed by atoms with Crippen molar-refractivity contribution in [1.29, 1.82) is 0 Å². The molecule has 22 heavy (non-hydrogen) atoms. The maximum atomic E-state index is 9.21. The van der Waals surface area contributed by atoms with Gasteiger partial charge >= 0.3 is 0 Å². The van der Waals surface area contributed by atoms with Crippen LogP contribution in [-0.4, -0.2) is 49.4 Å². The lowest BCUT2D eigenvalue weighted by Gasteiger charge is -2.26. The van der Waals surface area contributed by atoms with Crippen molar-refractivity contribution < 1.29 is 5.11 Å². The molecule has 0 spiro atoms. The second-order valence-corrected chi connectivity index (χ2v) is 5.85. The highest BCUT2D eigenvalue weighted by Gasteiger charge is 2.16. The van der Waals surface area contributed by atoms with Crippen molar-refractivity contribution in [3.05, 3.63) is 30.5 Å². The first-order valence-electron chi connectivity index (χ1n) is 7.96. The Morgan fingerprint density at radius 1 is 1.32 bits per heavy atom. The molecule has 3 N–H and O–H groups in total. The molecule has 1 aromatic heterocycles. The number of nitrogens with zero attached hydrogens (tertiary/aromatic N) is 2. The Bertz CT molecular complexity index is 620. The van der Waals surface area contributed by atoms with E-state index in [1.165, 1.54) is 5.39 Å². The van der Waals surface area contributed by atoms with Gasteiger partial charge in [-0.2, -0.15) is 0 Å². The Balaban J connectivity index is 1.97. The third-order valence-corrected chi connectivity index (χ3v) is 4.27. The highest BCUT2D eigenvalue weighted by molar-refractivity contribution is 6.01. The van der Waals surface area contributed by atoms with Gasteiger partial charge in [0.25, 0.3) is 0 Å². The first-order valence-corrected chi connectivity index (χ1v) is 7.96. The Kier molecular flexibility index (Phi) is 4.75. The Morgan fingerprint density at radius 3 is 2.91 bits per heavy atom. The summed E-state index contributed by atoms with van der Waals surface area (Å²) in [5, 5.41) is 18.6. The van der Waals surface area contributed by atoms with Crippen LogP contribution in [0.3, 0.4) is 0 Å². The first kappa shape index (κ1) is 15.1. The van der Waals surface area contributed by atoms with Crippen LogP contribution in [-0.2, 0) is 0 Å². The molecular weight excluding hydrogens is 276 g/mol. The summed E-state index contributed by atoms with van der Waals surface area (Å²) >= 11 is 0. The zero-order valence-corrected chi connectivity index (χ0v) is 13.0. The van der Waals surface area contributed by atoms with E-state index in [2.05, 4.69) is 33.8 Å². The molecule has 0 radical (unpaired) electrons. The normalized spacial score (nSPS) is 15.9. The first-order chi connectivity index (χ1) is 10.8. The number of rotatable bonds is 5. The van der Waals surface area contributed by atoms with Crippen molar-refractivity contribution in [1.82, 2.24) is 10.3 Å². The molecule has 118 valence electrons. The molecule has 1 fully saturated rings. The molecule has 0 amide bonds. The highest BCUT2D eigenvalue weighted by Crippen LogP contribution is 2.31. The molecule has 0 atom stereocenters. The number of hydrogen-bond donors (Lipinski definition) is 3. The smallest absolute Gasteiger partial charge is 0.138 e. The van der Waals surface area contributed by atoms with E-state index in [4.69, 9.17) is 0 Å². The van der Waals surface area contributed by atoms with Crippen LogP contribution >= 0.6 is 0 Å². The third-order valence-electron chi connectivity index (χ3n) is 4.27. The lowest BCUT2D eigenvalue weighted by Crippen LogP contribution is -2.35. The van der Waals surface area contributed by atoms with Crippen molar-refractivity contribution >= 4 is 22.3 Å². The van der Waals surface area contributed by atoms with Crippen LogP contribution in [0.1, 0.15) is 12.8 Å². The molecule has 1 aromatic carbocycles. The van der Waals surface area contributed by atoms with Crippen LogP contribution in [0.15, 0.2) is 30.5 Å². The molecule has 1 aliphatic heterocycles. The molecule has 3 rings (SSSR count). The lowest BCUT2D eigenvalue weighted by atomic mass is 10.0. The predicted octanol–water partition coefficient (Wildman–Crippen LogP) is 1.83. The zero-order valence-electron chi connectivity index (χ0n) is 13.0. The van der Waals surface area contributed by atoms with Crippen molar-refractivity contribution in [3.63, 3.8) is 0 Å². The maximum Gasteiger partial charge on any atom is 0.138 e. The van der Waals surface area contributed by atoms with Crippen LogP contribution in [0.25, 0.3) is 10.8 Å². The van der Waals surface area contributed by atoms with E-state index < -0.39 is 0 Å². The minimum absolute atomic E-state index is 0.123. The minimum Gasteiger partial charge on any atom is -0.395 e. The second kappa shape index (κ2) is 6.94. The summed E-state index contributed by atoms with van der Waals surface area (Å²) in [6.45, 7) is 2.84. The Morgan fingerprint density at radius 2 is 2.14 bits per heavy atom. The summed E-state index contributed by atoms with van der Waals surface area (Å²) < 4.78 is 0. The number of hydrogen-bond acceptors (Lipinski definition) is 5. The lowest BCUT2D eigenvalue weighted by molar-refractivity contribution is 0.304. The number of fused-ring (bicyclic) bond motifs is 1. The molecule has 2 aromatic rings. The molecular formula is C17H24N4O. The van der Waals surface area contributed by atoms with E-state index in [1.807, 2.05) is 24.2 Å². The summed E-state index contributed by atoms with van der Waals surface area (Å²) in [5.41, 5.74) is 1.14. The molecule has 1 aliphatic rings. The van der Waals surface area contributed by atoms with Crippen molar-refractivity contribution in [2.75, 3.05) is 43.5 Å². The fraction of sp³-hybridized carbons (Fsp3) is 0.471. The SMILES string of the molecule is CN(CCO)c1nccc2cccc(NC3CCNCC3)c12. The number of nitrogens with one attached hydrogen (secondary N) is 2. The predicted molar refractivity (Wildman–Crippen MR) is 91.6 cm³/mol. The van der Waals surface area contributed by atoms with E-state index in [1.54, 1.807) is 0 Å². The van der Waals surface area contributed by atoms with Gasteiger partial charge in [-0.1, -0.05) is 12.1 Å². The van der Waals surface area contributed by atoms with Gasteiger partial charge in [0.2, 0.25) is 0 Å². The van der Waals surface area contributed by atoms with Crippen LogP contribution < -0.4 is 15.5 Å². The van der Waals surface area contributed by atoms with Gasteiger partial charge in [0.1, 0.15) is 5.82 Å². The van der Waals surface area contributed by atoms with Crippen LogP contribution in [0.5, 0.6) is 0 Å². The number of piperidine rings is 1. The van der Waals surface area contributed by atoms with Gasteiger partial charge in [0.05, 0.1) is 6.61 Å². The topological polar surface area (TPSA) is 60.4 Å². The van der Waals surface area contributed by atoms with Crippen molar-refractivity contribution in [2.45, 2.75) is 18.9 Å². The number of aliphatic hydroxyl groups is 1. The molecule has 0 bridgehead atoms. The molecule has 0 unspecified atom stereocenters. The van der Waals surface area contributed by atoms with Crippen molar-refractivity contribution in [2.24, 2.45) is 0 Å². The number of aliphatic hydroxyl groups excluding tert-OH is 1. The molecule has 5 nitrogen and oxygen atoms in total.